The van der Waals surface area contributed by atoms with Crippen LogP contribution >= 0.6 is 0 Å². The first-order valence-electron chi connectivity index (χ1n) is 8.34. The van der Waals surface area contributed by atoms with Gasteiger partial charge in [0.25, 0.3) is 0 Å². The van der Waals surface area contributed by atoms with Gasteiger partial charge in [0.05, 0.1) is 17.8 Å². The number of aromatic nitrogens is 3. The van der Waals surface area contributed by atoms with Gasteiger partial charge in [0.15, 0.2) is 0 Å². The fourth-order valence-corrected chi connectivity index (χ4v) is 3.67. The third-order valence-electron chi connectivity index (χ3n) is 5.10. The lowest BCUT2D eigenvalue weighted by Crippen LogP contribution is -2.44. The predicted molar refractivity (Wildman–Crippen MR) is 83.4 cm³/mol. The summed E-state index contributed by atoms with van der Waals surface area (Å²) in [7, 11) is 0. The normalized spacial score (nSPS) is 22.8. The molecule has 1 saturated carbocycles. The Hall–Kier alpha value is -1.91. The molecule has 1 amide bonds. The molecule has 0 aromatic carbocycles. The van der Waals surface area contributed by atoms with Crippen LogP contribution in [-0.2, 0) is 4.79 Å². The Morgan fingerprint density at radius 2 is 2.09 bits per heavy atom. The monoisotopic (exact) mass is 298 g/mol. The molecule has 1 aliphatic carbocycles. The van der Waals surface area contributed by atoms with Crippen LogP contribution in [-0.4, -0.2) is 31.7 Å². The molecule has 22 heavy (non-hydrogen) atoms. The number of amides is 1. The molecule has 2 fully saturated rings. The Balaban J connectivity index is 1.73. The van der Waals surface area contributed by atoms with E-state index in [1.54, 1.807) is 0 Å². The van der Waals surface area contributed by atoms with Crippen molar-refractivity contribution in [1.29, 1.82) is 0 Å². The van der Waals surface area contributed by atoms with E-state index in [2.05, 4.69) is 9.88 Å². The van der Waals surface area contributed by atoms with E-state index in [0.717, 1.165) is 55.7 Å². The molecule has 2 aromatic rings. The van der Waals surface area contributed by atoms with Gasteiger partial charge in [-0.05, 0) is 45.1 Å². The maximum absolute atomic E-state index is 12.8. The number of carbonyl (C=O) groups excluding carboxylic acids is 1. The highest BCUT2D eigenvalue weighted by molar-refractivity contribution is 5.80. The minimum absolute atomic E-state index is 0.0958. The third-order valence-corrected chi connectivity index (χ3v) is 5.10. The standard InChI is InChI=1S/C17H22N4O/c1-12-9-14-10-18-11-21(14)16(19-12)15-7-2-3-8-20(15)17(22)13-5-4-6-13/h9-11,13,15H,2-8H2,1H3/t15-/m0/s1. The highest BCUT2D eigenvalue weighted by atomic mass is 16.2. The number of fused-ring (bicyclic) bond motifs is 1. The van der Waals surface area contributed by atoms with Crippen LogP contribution in [0, 0.1) is 12.8 Å². The maximum atomic E-state index is 12.8. The molecule has 1 saturated heterocycles. The molecule has 0 unspecified atom stereocenters. The molecule has 4 rings (SSSR count). The van der Waals surface area contributed by atoms with Gasteiger partial charge in [-0.15, -0.1) is 0 Å². The number of nitrogens with zero attached hydrogens (tertiary/aromatic N) is 4. The van der Waals surface area contributed by atoms with Crippen LogP contribution in [0.15, 0.2) is 18.6 Å². The van der Waals surface area contributed by atoms with Crippen molar-refractivity contribution >= 4 is 11.4 Å². The second-order valence-electron chi connectivity index (χ2n) is 6.62. The minimum atomic E-state index is 0.0958. The Labute approximate surface area is 130 Å². The largest absolute Gasteiger partial charge is 0.332 e. The van der Waals surface area contributed by atoms with Crippen molar-refractivity contribution in [2.45, 2.75) is 51.5 Å². The lowest BCUT2D eigenvalue weighted by Gasteiger charge is -2.39. The van der Waals surface area contributed by atoms with Crippen molar-refractivity contribution in [3.05, 3.63) is 30.1 Å². The summed E-state index contributed by atoms with van der Waals surface area (Å²) in [6.07, 6.45) is 10.3. The number of rotatable bonds is 2. The summed E-state index contributed by atoms with van der Waals surface area (Å²) in [5.41, 5.74) is 2.05. The average molecular weight is 298 g/mol. The van der Waals surface area contributed by atoms with Crippen molar-refractivity contribution in [3.63, 3.8) is 0 Å². The molecule has 0 N–H and O–H groups in total. The Morgan fingerprint density at radius 1 is 1.23 bits per heavy atom. The fourth-order valence-electron chi connectivity index (χ4n) is 3.67. The number of imidazole rings is 1. The van der Waals surface area contributed by atoms with Gasteiger partial charge in [-0.2, -0.15) is 0 Å². The van der Waals surface area contributed by atoms with Crippen molar-refractivity contribution in [3.8, 4) is 0 Å². The minimum Gasteiger partial charge on any atom is -0.332 e. The SMILES string of the molecule is Cc1cc2cncn2c([C@@H]2CCCCN2C(=O)C2CCC2)n1. The van der Waals surface area contributed by atoms with Crippen LogP contribution in [0.3, 0.4) is 0 Å². The Bertz CT molecular complexity index is 704. The molecule has 5 nitrogen and oxygen atoms in total. The zero-order valence-electron chi connectivity index (χ0n) is 13.0. The molecule has 116 valence electrons. The van der Waals surface area contributed by atoms with E-state index in [9.17, 15) is 4.79 Å². The summed E-state index contributed by atoms with van der Waals surface area (Å²) in [6, 6.07) is 2.13. The molecular formula is C17H22N4O. The summed E-state index contributed by atoms with van der Waals surface area (Å²) < 4.78 is 2.05. The van der Waals surface area contributed by atoms with E-state index >= 15 is 0 Å². The van der Waals surface area contributed by atoms with Gasteiger partial charge in [-0.1, -0.05) is 6.42 Å². The zero-order chi connectivity index (χ0) is 15.1. The molecule has 1 aliphatic heterocycles. The molecular weight excluding hydrogens is 276 g/mol. The quantitative estimate of drug-likeness (QED) is 0.856. The molecule has 2 aliphatic rings. The molecule has 1 atom stereocenters. The molecule has 0 spiro atoms. The van der Waals surface area contributed by atoms with Crippen LogP contribution in [0.25, 0.3) is 5.52 Å². The molecule has 0 bridgehead atoms. The lowest BCUT2D eigenvalue weighted by atomic mass is 9.83. The van der Waals surface area contributed by atoms with Gasteiger partial charge < -0.3 is 4.90 Å². The topological polar surface area (TPSA) is 50.5 Å². The van der Waals surface area contributed by atoms with Crippen LogP contribution in [0.5, 0.6) is 0 Å². The molecule has 0 radical (unpaired) electrons. The zero-order valence-corrected chi connectivity index (χ0v) is 13.0. The summed E-state index contributed by atoms with van der Waals surface area (Å²) >= 11 is 0. The van der Waals surface area contributed by atoms with E-state index < -0.39 is 0 Å². The highest BCUT2D eigenvalue weighted by Gasteiger charge is 2.36. The van der Waals surface area contributed by atoms with Gasteiger partial charge in [0, 0.05) is 18.2 Å². The van der Waals surface area contributed by atoms with E-state index in [1.807, 2.05) is 29.9 Å². The number of aryl methyl sites for hydroxylation is 1. The first-order chi connectivity index (χ1) is 10.7. The van der Waals surface area contributed by atoms with Gasteiger partial charge in [0.2, 0.25) is 5.91 Å². The summed E-state index contributed by atoms with van der Waals surface area (Å²) in [5, 5.41) is 0. The van der Waals surface area contributed by atoms with Gasteiger partial charge in [0.1, 0.15) is 12.2 Å². The predicted octanol–water partition coefficient (Wildman–Crippen LogP) is 2.89. The van der Waals surface area contributed by atoms with Crippen molar-refractivity contribution in [1.82, 2.24) is 19.3 Å². The number of hydrogen-bond donors (Lipinski definition) is 0. The van der Waals surface area contributed by atoms with E-state index in [4.69, 9.17) is 4.98 Å². The van der Waals surface area contributed by atoms with E-state index in [1.165, 1.54) is 6.42 Å². The number of likely N-dealkylation sites (tertiary alicyclic amines) is 1. The second-order valence-corrected chi connectivity index (χ2v) is 6.62. The van der Waals surface area contributed by atoms with Gasteiger partial charge in [-0.3, -0.25) is 9.20 Å². The number of carbonyl (C=O) groups is 1. The van der Waals surface area contributed by atoms with Gasteiger partial charge >= 0.3 is 0 Å². The molecule has 3 heterocycles. The van der Waals surface area contributed by atoms with Crippen molar-refractivity contribution in [2.24, 2.45) is 5.92 Å². The third kappa shape index (κ3) is 2.19. The number of piperidine rings is 1. The molecule has 2 aromatic heterocycles. The van der Waals surface area contributed by atoms with Crippen molar-refractivity contribution in [2.75, 3.05) is 6.54 Å². The first kappa shape index (κ1) is 13.7. The van der Waals surface area contributed by atoms with E-state index in [-0.39, 0.29) is 12.0 Å². The summed E-state index contributed by atoms with van der Waals surface area (Å²) in [6.45, 7) is 2.88. The summed E-state index contributed by atoms with van der Waals surface area (Å²) in [5.74, 6) is 1.57. The van der Waals surface area contributed by atoms with Gasteiger partial charge in [-0.25, -0.2) is 9.97 Å². The summed E-state index contributed by atoms with van der Waals surface area (Å²) in [4.78, 5) is 23.9. The fraction of sp³-hybridized carbons (Fsp3) is 0.588. The van der Waals surface area contributed by atoms with Crippen LogP contribution in [0.1, 0.15) is 56.1 Å². The Kier molecular flexibility index (Phi) is 3.36. The van der Waals surface area contributed by atoms with E-state index in [0.29, 0.717) is 5.91 Å². The van der Waals surface area contributed by atoms with Crippen LogP contribution in [0.2, 0.25) is 0 Å². The smallest absolute Gasteiger partial charge is 0.226 e. The van der Waals surface area contributed by atoms with Crippen LogP contribution < -0.4 is 0 Å². The van der Waals surface area contributed by atoms with Crippen LogP contribution in [0.4, 0.5) is 0 Å². The average Bonchev–Trinajstić information content (AvgIpc) is 2.92. The molecule has 5 heteroatoms. The first-order valence-corrected chi connectivity index (χ1v) is 8.34. The van der Waals surface area contributed by atoms with Crippen molar-refractivity contribution < 1.29 is 4.79 Å². The maximum Gasteiger partial charge on any atom is 0.226 e. The number of hydrogen-bond acceptors (Lipinski definition) is 3. The second kappa shape index (κ2) is 5.38. The highest BCUT2D eigenvalue weighted by Crippen LogP contribution is 2.36. The lowest BCUT2D eigenvalue weighted by molar-refractivity contribution is -0.142. The Morgan fingerprint density at radius 3 is 2.86 bits per heavy atom.